The Morgan fingerprint density at radius 1 is 1.11 bits per heavy atom. The molecule has 0 bridgehead atoms. The van der Waals surface area contributed by atoms with Gasteiger partial charge in [0.15, 0.2) is 11.4 Å². The number of nitrogens with one attached hydrogen (secondary N) is 1. The third-order valence-corrected chi connectivity index (χ3v) is 10.5. The lowest BCUT2D eigenvalue weighted by atomic mass is 9.57. The van der Waals surface area contributed by atoms with E-state index in [1.165, 1.54) is 31.1 Å². The number of fused-ring (bicyclic) bond motifs is 3. The van der Waals surface area contributed by atoms with E-state index < -0.39 is 73.8 Å². The van der Waals surface area contributed by atoms with Gasteiger partial charge >= 0.3 is 0 Å². The van der Waals surface area contributed by atoms with Crippen molar-refractivity contribution in [3.05, 3.63) is 69.5 Å². The van der Waals surface area contributed by atoms with E-state index in [1.807, 2.05) is 6.92 Å². The summed E-state index contributed by atoms with van der Waals surface area (Å²) in [5.41, 5.74) is 3.29. The molecule has 0 heterocycles. The minimum absolute atomic E-state index is 0.0297. The fraction of sp³-hybridized carbons (Fsp3) is 0.364. The number of aromatic hydroxyl groups is 1. The molecular formula is C33H36N4O9S. The highest BCUT2D eigenvalue weighted by Crippen LogP contribution is 2.54. The summed E-state index contributed by atoms with van der Waals surface area (Å²) in [4.78, 5) is 42.8. The van der Waals surface area contributed by atoms with Crippen LogP contribution < -0.4 is 15.4 Å². The molecule has 0 spiro atoms. The number of aliphatic hydroxyl groups is 3. The van der Waals surface area contributed by atoms with E-state index >= 15 is 0 Å². The van der Waals surface area contributed by atoms with Crippen LogP contribution >= 0.6 is 0 Å². The molecule has 1 saturated carbocycles. The van der Waals surface area contributed by atoms with Gasteiger partial charge in [0.05, 0.1) is 28.6 Å². The number of Topliss-reactive ketones (excluding diaryl/α,β-unsaturated/α-hetero) is 2. The Bertz CT molecular complexity index is 1950. The number of aryl methyl sites for hydroxylation is 1. The van der Waals surface area contributed by atoms with E-state index in [-0.39, 0.29) is 41.0 Å². The standard InChI is InChI=1S/C33H36N4O9S/c1-16-8-10-19(11-9-16)47(45,46)35-12-6-7-17-15-22(36(2)3)20-13-18-14-21-26(37(4)5)29(40)25(32(34)43)31(42)33(21,44)30(41)23(18)28(39)24(20)27(17)38/h8-11,15,18,21,26,35,38-39,42,44H,12-14H2,1-5H3,(H2,34,43)/t18-,21-,26?,33-/m0/s1. The van der Waals surface area contributed by atoms with Crippen molar-refractivity contribution in [1.82, 2.24) is 9.62 Å². The number of phenolic OH excluding ortho intramolecular Hbond substituents is 1. The molecule has 14 heteroatoms. The fourth-order valence-corrected chi connectivity index (χ4v) is 7.78. The van der Waals surface area contributed by atoms with Crippen molar-refractivity contribution >= 4 is 38.9 Å². The lowest BCUT2D eigenvalue weighted by molar-refractivity contribution is -0.153. The number of hydrogen-bond acceptors (Lipinski definition) is 11. The van der Waals surface area contributed by atoms with Gasteiger partial charge in [-0.05, 0) is 63.5 Å². The lowest BCUT2D eigenvalue weighted by Gasteiger charge is -2.50. The molecular weight excluding hydrogens is 628 g/mol. The van der Waals surface area contributed by atoms with Crippen LogP contribution in [0.2, 0.25) is 0 Å². The van der Waals surface area contributed by atoms with E-state index in [2.05, 4.69) is 16.6 Å². The predicted octanol–water partition coefficient (Wildman–Crippen LogP) is 0.668. The molecule has 1 unspecified atom stereocenters. The van der Waals surface area contributed by atoms with Gasteiger partial charge in [0.25, 0.3) is 5.91 Å². The van der Waals surface area contributed by atoms with Crippen molar-refractivity contribution in [3.63, 3.8) is 0 Å². The second kappa shape index (κ2) is 11.8. The first-order chi connectivity index (χ1) is 21.9. The number of ketones is 2. The number of rotatable bonds is 6. The number of nitrogens with zero attached hydrogens (tertiary/aromatic N) is 2. The zero-order valence-corrected chi connectivity index (χ0v) is 27.3. The summed E-state index contributed by atoms with van der Waals surface area (Å²) >= 11 is 0. The van der Waals surface area contributed by atoms with Crippen LogP contribution in [0.15, 0.2) is 52.1 Å². The van der Waals surface area contributed by atoms with E-state index in [4.69, 9.17) is 5.73 Å². The average molecular weight is 665 g/mol. The zero-order chi connectivity index (χ0) is 34.7. The van der Waals surface area contributed by atoms with E-state index in [0.29, 0.717) is 11.3 Å². The number of aliphatic hydroxyl groups excluding tert-OH is 2. The quantitative estimate of drug-likeness (QED) is 0.187. The normalized spacial score (nSPS) is 23.9. The van der Waals surface area contributed by atoms with Gasteiger partial charge in [0.1, 0.15) is 22.8 Å². The number of likely N-dealkylation sites (N-methyl/N-ethyl adjacent to an activating group) is 1. The van der Waals surface area contributed by atoms with Crippen molar-refractivity contribution in [2.75, 3.05) is 39.6 Å². The molecule has 3 aliphatic rings. The summed E-state index contributed by atoms with van der Waals surface area (Å²) < 4.78 is 27.7. The molecule has 0 aromatic heterocycles. The molecule has 0 aliphatic heterocycles. The third-order valence-electron chi connectivity index (χ3n) is 9.08. The molecule has 1 amide bonds. The lowest BCUT2D eigenvalue weighted by Crippen LogP contribution is -2.65. The monoisotopic (exact) mass is 664 g/mol. The molecule has 0 radical (unpaired) electrons. The maximum atomic E-state index is 14.1. The molecule has 13 nitrogen and oxygen atoms in total. The van der Waals surface area contributed by atoms with Crippen LogP contribution in [-0.4, -0.2) is 97.6 Å². The maximum Gasteiger partial charge on any atom is 0.255 e. The second-order valence-corrected chi connectivity index (χ2v) is 14.2. The largest absolute Gasteiger partial charge is 0.508 e. The van der Waals surface area contributed by atoms with E-state index in [1.54, 1.807) is 37.2 Å². The maximum absolute atomic E-state index is 14.1. The summed E-state index contributed by atoms with van der Waals surface area (Å²) in [6.07, 6.45) is 0.0712. The van der Waals surface area contributed by atoms with E-state index in [9.17, 15) is 43.2 Å². The molecule has 7 N–H and O–H groups in total. The number of carbonyl (C=O) groups excluding carboxylic acids is 3. The highest BCUT2D eigenvalue weighted by molar-refractivity contribution is 7.89. The molecule has 248 valence electrons. The molecule has 0 saturated heterocycles. The average Bonchev–Trinajstić information content (AvgIpc) is 2.97. The Morgan fingerprint density at radius 2 is 1.74 bits per heavy atom. The van der Waals surface area contributed by atoms with Gasteiger partial charge in [0, 0.05) is 31.3 Å². The van der Waals surface area contributed by atoms with Gasteiger partial charge < -0.3 is 31.1 Å². The smallest absolute Gasteiger partial charge is 0.255 e. The number of hydrogen-bond donors (Lipinski definition) is 6. The first-order valence-corrected chi connectivity index (χ1v) is 16.2. The van der Waals surface area contributed by atoms with Crippen LogP contribution in [0.5, 0.6) is 5.75 Å². The van der Waals surface area contributed by atoms with Gasteiger partial charge in [-0.15, -0.1) is 0 Å². The Hall–Kier alpha value is -4.68. The third kappa shape index (κ3) is 5.35. The van der Waals surface area contributed by atoms with Gasteiger partial charge in [-0.25, -0.2) is 8.42 Å². The Morgan fingerprint density at radius 3 is 2.32 bits per heavy atom. The Labute approximate surface area is 272 Å². The highest BCUT2D eigenvalue weighted by atomic mass is 32.2. The van der Waals surface area contributed by atoms with Crippen molar-refractivity contribution in [2.24, 2.45) is 17.6 Å². The van der Waals surface area contributed by atoms with Crippen molar-refractivity contribution in [1.29, 1.82) is 0 Å². The number of amides is 1. The van der Waals surface area contributed by atoms with Crippen molar-refractivity contribution in [3.8, 4) is 17.6 Å². The second-order valence-electron chi connectivity index (χ2n) is 12.4. The molecule has 3 aliphatic carbocycles. The van der Waals surface area contributed by atoms with Gasteiger partial charge in [-0.2, -0.15) is 4.72 Å². The summed E-state index contributed by atoms with van der Waals surface area (Å²) in [5.74, 6) is -2.07. The number of primary amides is 1. The fourth-order valence-electron chi connectivity index (χ4n) is 6.86. The number of carbonyl (C=O) groups is 3. The molecule has 1 fully saturated rings. The summed E-state index contributed by atoms with van der Waals surface area (Å²) in [6.45, 7) is 1.53. The van der Waals surface area contributed by atoms with Gasteiger partial charge in [-0.1, -0.05) is 29.5 Å². The highest BCUT2D eigenvalue weighted by Gasteiger charge is 2.64. The summed E-state index contributed by atoms with van der Waals surface area (Å²) in [7, 11) is 2.68. The molecule has 47 heavy (non-hydrogen) atoms. The minimum Gasteiger partial charge on any atom is -0.508 e. The summed E-state index contributed by atoms with van der Waals surface area (Å²) in [6, 6.07) is 6.66. The number of benzene rings is 2. The topological polar surface area (TPSA) is 211 Å². The minimum atomic E-state index is -3.86. The van der Waals surface area contributed by atoms with Crippen LogP contribution in [0.1, 0.15) is 28.7 Å². The number of nitrogens with two attached hydrogens (primary N) is 1. The zero-order valence-electron chi connectivity index (χ0n) is 26.5. The van der Waals surface area contributed by atoms with Crippen molar-refractivity contribution < 1.29 is 43.2 Å². The Balaban J connectivity index is 1.59. The molecule has 4 atom stereocenters. The van der Waals surface area contributed by atoms with Gasteiger partial charge in [0.2, 0.25) is 15.8 Å². The number of sulfonamides is 1. The van der Waals surface area contributed by atoms with Gasteiger partial charge in [-0.3, -0.25) is 19.3 Å². The predicted molar refractivity (Wildman–Crippen MR) is 172 cm³/mol. The number of anilines is 1. The summed E-state index contributed by atoms with van der Waals surface area (Å²) in [5, 5.41) is 45.8. The first kappa shape index (κ1) is 33.7. The first-order valence-electron chi connectivity index (χ1n) is 14.7. The van der Waals surface area contributed by atoms with Crippen molar-refractivity contribution in [2.45, 2.75) is 36.3 Å². The van der Waals surface area contributed by atoms with Crippen LogP contribution in [-0.2, 0) is 30.8 Å². The van der Waals surface area contributed by atoms with E-state index in [0.717, 1.165) is 5.56 Å². The Kier molecular flexibility index (Phi) is 8.48. The number of phenols is 1. The molecule has 2 aromatic rings. The SMILES string of the molecule is Cc1ccc(S(=O)(=O)NCC#Cc2cc(N(C)C)c3c(c2O)C(O)=C2C(=O)[C@]4(O)C(O)=C(C(N)=O)C(=O)C(N(C)C)[C@@H]4C[C@@H]2C3)cc1. The molecule has 2 aromatic carbocycles. The van der Waals surface area contributed by atoms with Crippen LogP contribution in [0, 0.1) is 30.6 Å². The molecule has 5 rings (SSSR count). The van der Waals surface area contributed by atoms with Crippen LogP contribution in [0.25, 0.3) is 5.76 Å². The van der Waals surface area contributed by atoms with Crippen LogP contribution in [0.4, 0.5) is 5.69 Å². The van der Waals surface area contributed by atoms with Crippen LogP contribution in [0.3, 0.4) is 0 Å².